The molecule has 2 aliphatic carbocycles. The molecule has 0 amide bonds. The van der Waals surface area contributed by atoms with Crippen LogP contribution in [0.2, 0.25) is 0 Å². The van der Waals surface area contributed by atoms with Gasteiger partial charge in [-0.15, -0.1) is 5.10 Å². The average molecular weight is 266 g/mol. The van der Waals surface area contributed by atoms with Crippen molar-refractivity contribution in [2.24, 2.45) is 0 Å². The van der Waals surface area contributed by atoms with Crippen molar-refractivity contribution in [1.82, 2.24) is 20.2 Å². The molecule has 2 fully saturated rings. The van der Waals surface area contributed by atoms with Gasteiger partial charge in [0.1, 0.15) is 5.78 Å². The molecule has 2 aliphatic rings. The summed E-state index contributed by atoms with van der Waals surface area (Å²) in [5.74, 6) is 0.368. The maximum atomic E-state index is 11.9. The van der Waals surface area contributed by atoms with Crippen molar-refractivity contribution in [2.45, 2.75) is 67.8 Å². The fourth-order valence-electron chi connectivity index (χ4n) is 2.84. The van der Waals surface area contributed by atoms with Crippen LogP contribution in [0.3, 0.4) is 0 Å². The highest BCUT2D eigenvalue weighted by molar-refractivity contribution is 8.00. The van der Waals surface area contributed by atoms with Gasteiger partial charge in [0.25, 0.3) is 0 Å². The molecule has 0 bridgehead atoms. The number of nitrogens with zero attached hydrogens (tertiary/aromatic N) is 4. The van der Waals surface area contributed by atoms with E-state index >= 15 is 0 Å². The van der Waals surface area contributed by atoms with Gasteiger partial charge in [-0.2, -0.15) is 0 Å². The van der Waals surface area contributed by atoms with Gasteiger partial charge in [-0.3, -0.25) is 4.79 Å². The number of hydrogen-bond donors (Lipinski definition) is 0. The molecule has 1 aromatic heterocycles. The highest BCUT2D eigenvalue weighted by atomic mass is 32.2. The topological polar surface area (TPSA) is 60.7 Å². The summed E-state index contributed by atoms with van der Waals surface area (Å²) in [4.78, 5) is 11.9. The van der Waals surface area contributed by atoms with Crippen molar-refractivity contribution in [3.63, 3.8) is 0 Å². The first-order valence-corrected chi connectivity index (χ1v) is 7.70. The Morgan fingerprint density at radius 3 is 2.67 bits per heavy atom. The Morgan fingerprint density at radius 2 is 1.89 bits per heavy atom. The summed E-state index contributed by atoms with van der Waals surface area (Å²) in [6.45, 7) is 0. The number of carbonyl (C=O) groups is 1. The molecule has 0 aliphatic heterocycles. The minimum atomic E-state index is 0.0740. The van der Waals surface area contributed by atoms with Crippen LogP contribution in [-0.4, -0.2) is 31.2 Å². The van der Waals surface area contributed by atoms with Gasteiger partial charge in [-0.25, -0.2) is 4.68 Å². The molecule has 3 rings (SSSR count). The van der Waals surface area contributed by atoms with Crippen molar-refractivity contribution in [3.8, 4) is 0 Å². The molecule has 0 saturated heterocycles. The highest BCUT2D eigenvalue weighted by Gasteiger charge is 2.28. The summed E-state index contributed by atoms with van der Waals surface area (Å²) in [7, 11) is 0. The van der Waals surface area contributed by atoms with E-state index in [1.54, 1.807) is 11.8 Å². The van der Waals surface area contributed by atoms with Gasteiger partial charge < -0.3 is 0 Å². The Hall–Kier alpha value is -0.910. The lowest BCUT2D eigenvalue weighted by Crippen LogP contribution is -2.22. The summed E-state index contributed by atoms with van der Waals surface area (Å²) in [6, 6.07) is 0.446. The van der Waals surface area contributed by atoms with Crippen LogP contribution in [0, 0.1) is 0 Å². The van der Waals surface area contributed by atoms with Crippen molar-refractivity contribution >= 4 is 17.5 Å². The van der Waals surface area contributed by atoms with E-state index in [4.69, 9.17) is 0 Å². The molecule has 5 nitrogen and oxygen atoms in total. The standard InChI is InChI=1S/C12H18N4OS/c17-10-7-3-4-8-11(10)18-12-13-14-15-16(12)9-5-1-2-6-9/h9,11H,1-8H2. The summed E-state index contributed by atoms with van der Waals surface area (Å²) in [5, 5.41) is 12.9. The summed E-state index contributed by atoms with van der Waals surface area (Å²) >= 11 is 1.57. The van der Waals surface area contributed by atoms with Crippen LogP contribution < -0.4 is 0 Å². The Kier molecular flexibility index (Phi) is 3.63. The number of carbonyl (C=O) groups excluding carboxylic acids is 1. The second kappa shape index (κ2) is 5.38. The molecule has 98 valence electrons. The number of Topliss-reactive ketones (excluding diaryl/α,β-unsaturated/α-hetero) is 1. The molecule has 0 aromatic carbocycles. The Bertz CT molecular complexity index is 427. The molecule has 18 heavy (non-hydrogen) atoms. The third-order valence-electron chi connectivity index (χ3n) is 3.88. The molecule has 2 saturated carbocycles. The van der Waals surface area contributed by atoms with E-state index in [0.717, 1.165) is 43.7 Å². The molecule has 1 heterocycles. The molecule has 1 atom stereocenters. The minimum Gasteiger partial charge on any atom is -0.298 e. The molecular weight excluding hydrogens is 248 g/mol. The smallest absolute Gasteiger partial charge is 0.210 e. The monoisotopic (exact) mass is 266 g/mol. The third-order valence-corrected chi connectivity index (χ3v) is 5.14. The number of tetrazole rings is 1. The van der Waals surface area contributed by atoms with Crippen LogP contribution in [0.15, 0.2) is 5.16 Å². The fraction of sp³-hybridized carbons (Fsp3) is 0.833. The predicted molar refractivity (Wildman–Crippen MR) is 68.4 cm³/mol. The molecule has 0 radical (unpaired) electrons. The summed E-state index contributed by atoms with van der Waals surface area (Å²) in [5.41, 5.74) is 0. The van der Waals surface area contributed by atoms with Crippen molar-refractivity contribution < 1.29 is 4.79 Å². The lowest BCUT2D eigenvalue weighted by atomic mass is 9.99. The van der Waals surface area contributed by atoms with Crippen LogP contribution in [0.5, 0.6) is 0 Å². The van der Waals surface area contributed by atoms with E-state index in [2.05, 4.69) is 15.5 Å². The van der Waals surface area contributed by atoms with Crippen LogP contribution >= 0.6 is 11.8 Å². The largest absolute Gasteiger partial charge is 0.298 e. The van der Waals surface area contributed by atoms with E-state index in [1.165, 1.54) is 12.8 Å². The van der Waals surface area contributed by atoms with Crippen LogP contribution in [0.1, 0.15) is 57.4 Å². The van der Waals surface area contributed by atoms with E-state index in [1.807, 2.05) is 4.68 Å². The van der Waals surface area contributed by atoms with Crippen LogP contribution in [-0.2, 0) is 4.79 Å². The summed E-state index contributed by atoms with van der Waals surface area (Å²) in [6.07, 6.45) is 8.74. The maximum absolute atomic E-state index is 11.9. The molecule has 0 N–H and O–H groups in total. The van der Waals surface area contributed by atoms with Gasteiger partial charge in [0.15, 0.2) is 0 Å². The second-order valence-corrected chi connectivity index (χ2v) is 6.33. The average Bonchev–Trinajstić information content (AvgIpc) is 3.02. The Morgan fingerprint density at radius 1 is 1.11 bits per heavy atom. The predicted octanol–water partition coefficient (Wildman–Crippen LogP) is 2.39. The maximum Gasteiger partial charge on any atom is 0.210 e. The van der Waals surface area contributed by atoms with Crippen molar-refractivity contribution in [1.29, 1.82) is 0 Å². The second-order valence-electron chi connectivity index (χ2n) is 5.16. The fourth-order valence-corrected chi connectivity index (χ4v) is 4.01. The normalized spacial score (nSPS) is 25.8. The molecule has 1 unspecified atom stereocenters. The van der Waals surface area contributed by atoms with Crippen LogP contribution in [0.25, 0.3) is 0 Å². The zero-order chi connectivity index (χ0) is 12.4. The van der Waals surface area contributed by atoms with Crippen molar-refractivity contribution in [3.05, 3.63) is 0 Å². The third kappa shape index (κ3) is 2.43. The van der Waals surface area contributed by atoms with E-state index in [-0.39, 0.29) is 5.25 Å². The van der Waals surface area contributed by atoms with E-state index in [0.29, 0.717) is 11.8 Å². The summed E-state index contributed by atoms with van der Waals surface area (Å²) < 4.78 is 1.94. The first kappa shape index (κ1) is 12.1. The quantitative estimate of drug-likeness (QED) is 0.840. The number of rotatable bonds is 3. The molecular formula is C12H18N4OS. The number of ketones is 1. The van der Waals surface area contributed by atoms with Gasteiger partial charge in [0.2, 0.25) is 5.16 Å². The number of thioether (sulfide) groups is 1. The van der Waals surface area contributed by atoms with Gasteiger partial charge in [-0.1, -0.05) is 31.0 Å². The Labute approximate surface area is 111 Å². The van der Waals surface area contributed by atoms with E-state index < -0.39 is 0 Å². The minimum absolute atomic E-state index is 0.0740. The number of aromatic nitrogens is 4. The van der Waals surface area contributed by atoms with Crippen LogP contribution in [0.4, 0.5) is 0 Å². The van der Waals surface area contributed by atoms with Crippen molar-refractivity contribution in [2.75, 3.05) is 0 Å². The molecule has 0 spiro atoms. The van der Waals surface area contributed by atoms with Gasteiger partial charge in [0, 0.05) is 6.42 Å². The van der Waals surface area contributed by atoms with E-state index in [9.17, 15) is 4.79 Å². The molecule has 1 aromatic rings. The Balaban J connectivity index is 1.72. The first-order valence-electron chi connectivity index (χ1n) is 6.82. The lowest BCUT2D eigenvalue weighted by molar-refractivity contribution is -0.119. The van der Waals surface area contributed by atoms with Gasteiger partial charge in [-0.05, 0) is 36.1 Å². The zero-order valence-electron chi connectivity index (χ0n) is 10.4. The lowest BCUT2D eigenvalue weighted by Gasteiger charge is -2.20. The van der Waals surface area contributed by atoms with Gasteiger partial charge in [0.05, 0.1) is 11.3 Å². The first-order chi connectivity index (χ1) is 8.84. The highest BCUT2D eigenvalue weighted by Crippen LogP contribution is 2.35. The van der Waals surface area contributed by atoms with Gasteiger partial charge >= 0.3 is 0 Å². The molecule has 6 heteroatoms. The number of hydrogen-bond acceptors (Lipinski definition) is 5. The SMILES string of the molecule is O=C1CCCCC1Sc1nnnn1C1CCCC1. The zero-order valence-corrected chi connectivity index (χ0v) is 11.2.